The molecule has 2 N–H and O–H groups in total. The van der Waals surface area contributed by atoms with Gasteiger partial charge in [0.25, 0.3) is 5.91 Å². The molecule has 0 bridgehead atoms. The lowest BCUT2D eigenvalue weighted by Gasteiger charge is -2.15. The summed E-state index contributed by atoms with van der Waals surface area (Å²) in [5, 5.41) is 2.91. The molecule has 0 radical (unpaired) electrons. The van der Waals surface area contributed by atoms with Gasteiger partial charge in [-0.2, -0.15) is 0 Å². The summed E-state index contributed by atoms with van der Waals surface area (Å²) in [4.78, 5) is 25.7. The third-order valence-electron chi connectivity index (χ3n) is 5.30. The van der Waals surface area contributed by atoms with Crippen molar-refractivity contribution < 1.29 is 19.0 Å². The molecule has 0 unspecified atom stereocenters. The Morgan fingerprint density at radius 2 is 1.68 bits per heavy atom. The summed E-state index contributed by atoms with van der Waals surface area (Å²) in [6.45, 7) is 2.01. The predicted molar refractivity (Wildman–Crippen MR) is 118 cm³/mol. The molecule has 2 atom stereocenters. The quantitative estimate of drug-likeness (QED) is 0.631. The molecule has 1 aliphatic heterocycles. The van der Waals surface area contributed by atoms with E-state index in [9.17, 15) is 9.59 Å². The molecule has 0 aromatic heterocycles. The number of amides is 2. The molecule has 0 aliphatic carbocycles. The number of hydrogen-bond acceptors (Lipinski definition) is 3. The van der Waals surface area contributed by atoms with Crippen molar-refractivity contribution in [2.45, 2.75) is 19.0 Å². The Labute approximate surface area is 181 Å². The van der Waals surface area contributed by atoms with Crippen molar-refractivity contribution >= 4 is 18.0 Å². The number of aryl methyl sites for hydroxylation is 1. The van der Waals surface area contributed by atoms with Crippen LogP contribution in [0.4, 0.5) is 0 Å². The number of nitrogens with one attached hydrogen (secondary N) is 2. The highest BCUT2D eigenvalue weighted by molar-refractivity contribution is 5.98. The topological polar surface area (TPSA) is 70.4 Å². The number of para-hydroxylation sites is 1. The lowest BCUT2D eigenvalue weighted by atomic mass is 9.98. The summed E-state index contributed by atoms with van der Waals surface area (Å²) in [7, 11) is 1.61. The molecule has 31 heavy (non-hydrogen) atoms. The summed E-state index contributed by atoms with van der Waals surface area (Å²) in [6, 6.07) is 23.2. The molecule has 3 aromatic rings. The van der Waals surface area contributed by atoms with E-state index in [0.717, 1.165) is 16.7 Å². The summed E-state index contributed by atoms with van der Waals surface area (Å²) >= 11 is 0. The van der Waals surface area contributed by atoms with Gasteiger partial charge in [0.1, 0.15) is 5.75 Å². The van der Waals surface area contributed by atoms with E-state index in [1.165, 1.54) is 0 Å². The highest BCUT2D eigenvalue weighted by atomic mass is 16.5. The van der Waals surface area contributed by atoms with Gasteiger partial charge in [-0.15, -0.1) is 10.1 Å². The van der Waals surface area contributed by atoms with Gasteiger partial charge >= 0.3 is 5.91 Å². The van der Waals surface area contributed by atoms with Gasteiger partial charge in [0.05, 0.1) is 12.7 Å². The van der Waals surface area contributed by atoms with Gasteiger partial charge in [0, 0.05) is 11.1 Å². The molecule has 6 heteroatoms. The van der Waals surface area contributed by atoms with Crippen LogP contribution in [0.3, 0.4) is 0 Å². The number of carbonyl (C=O) groups is 2. The van der Waals surface area contributed by atoms with E-state index in [1.807, 2.05) is 67.7 Å². The van der Waals surface area contributed by atoms with E-state index < -0.39 is 12.1 Å². The fraction of sp³-hybridized carbons (Fsp3) is 0.160. The second-order valence-electron chi connectivity index (χ2n) is 7.43. The number of ether oxygens (including phenoxy) is 1. The first-order valence-electron chi connectivity index (χ1n) is 10.1. The standard InChI is InChI=1S/C25H23N3O3/c1-17-12-14-18(15-13-17)23-22(26-24(29)19-8-4-3-5-9-19)25(30)27-28(23)16-20-10-6-7-11-21(20)31-2/h3-16,22-23H,1-2H3,(H-,26,27,29,30)/p+1/b28-16-/t22-,23+/m1/s1. The molecule has 6 nitrogen and oxygen atoms in total. The summed E-state index contributed by atoms with van der Waals surface area (Å²) in [6.07, 6.45) is 1.83. The highest BCUT2D eigenvalue weighted by Gasteiger charge is 2.47. The average Bonchev–Trinajstić information content (AvgIpc) is 3.09. The number of hydrazone groups is 1. The molecular weight excluding hydrogens is 390 g/mol. The number of hydrogen-bond donors (Lipinski definition) is 2. The number of rotatable bonds is 5. The molecule has 1 fully saturated rings. The minimum atomic E-state index is -0.763. The maximum atomic E-state index is 12.9. The van der Waals surface area contributed by atoms with Crippen molar-refractivity contribution in [3.63, 3.8) is 0 Å². The third-order valence-corrected chi connectivity index (χ3v) is 5.30. The van der Waals surface area contributed by atoms with Crippen LogP contribution in [-0.4, -0.2) is 35.9 Å². The van der Waals surface area contributed by atoms with E-state index >= 15 is 0 Å². The van der Waals surface area contributed by atoms with Gasteiger partial charge in [-0.25, -0.2) is 0 Å². The zero-order valence-corrected chi connectivity index (χ0v) is 17.4. The van der Waals surface area contributed by atoms with Crippen LogP contribution in [0, 0.1) is 6.92 Å². The smallest absolute Gasteiger partial charge is 0.304 e. The van der Waals surface area contributed by atoms with Crippen LogP contribution >= 0.6 is 0 Å². The molecule has 156 valence electrons. The lowest BCUT2D eigenvalue weighted by Crippen LogP contribution is -2.42. The number of nitrogens with zero attached hydrogens (tertiary/aromatic N) is 1. The maximum Gasteiger partial charge on any atom is 0.304 e. The Bertz CT molecular complexity index is 1120. The van der Waals surface area contributed by atoms with Crippen LogP contribution in [0.1, 0.15) is 33.1 Å². The first kappa shape index (κ1) is 20.3. The maximum absolute atomic E-state index is 12.9. The minimum absolute atomic E-state index is 0.277. The Kier molecular flexibility index (Phi) is 5.80. The summed E-state index contributed by atoms with van der Waals surface area (Å²) in [5.41, 5.74) is 6.24. The molecule has 3 aromatic carbocycles. The van der Waals surface area contributed by atoms with Gasteiger partial charge < -0.3 is 10.1 Å². The molecule has 0 spiro atoms. The van der Waals surface area contributed by atoms with E-state index in [-0.39, 0.29) is 11.8 Å². The fourth-order valence-corrected chi connectivity index (χ4v) is 3.68. The zero-order chi connectivity index (χ0) is 21.8. The van der Waals surface area contributed by atoms with Gasteiger partial charge in [0.2, 0.25) is 12.3 Å². The van der Waals surface area contributed by atoms with Crippen molar-refractivity contribution in [2.75, 3.05) is 7.11 Å². The molecule has 2 amide bonds. The van der Waals surface area contributed by atoms with Crippen LogP contribution in [-0.2, 0) is 4.79 Å². The average molecular weight is 414 g/mol. The molecule has 1 aliphatic rings. The second kappa shape index (κ2) is 8.83. The predicted octanol–water partition coefficient (Wildman–Crippen LogP) is 3.02. The summed E-state index contributed by atoms with van der Waals surface area (Å²) < 4.78 is 7.18. The number of hydrazine groups is 1. The van der Waals surface area contributed by atoms with Crippen LogP contribution in [0.5, 0.6) is 5.75 Å². The van der Waals surface area contributed by atoms with E-state index in [4.69, 9.17) is 4.74 Å². The van der Waals surface area contributed by atoms with Gasteiger partial charge in [-0.05, 0) is 31.2 Å². The van der Waals surface area contributed by atoms with Crippen LogP contribution in [0.25, 0.3) is 0 Å². The van der Waals surface area contributed by atoms with E-state index in [2.05, 4.69) is 10.7 Å². The van der Waals surface area contributed by atoms with Crippen LogP contribution in [0.15, 0.2) is 78.9 Å². The molecule has 4 rings (SSSR count). The SMILES string of the molecule is COc1ccccc1/C=[N+]1\NC(=O)[C@H](NC(=O)c2ccccc2)[C@@H]1c1ccc(C)cc1. The van der Waals surface area contributed by atoms with Crippen LogP contribution < -0.4 is 15.5 Å². The van der Waals surface area contributed by atoms with Gasteiger partial charge in [-0.3, -0.25) is 9.59 Å². The van der Waals surface area contributed by atoms with Gasteiger partial charge in [-0.1, -0.05) is 60.2 Å². The number of methoxy groups -OCH3 is 1. The number of benzene rings is 3. The Morgan fingerprint density at radius 1 is 1.00 bits per heavy atom. The minimum Gasteiger partial charge on any atom is -0.496 e. The Hall–Kier alpha value is -3.93. The van der Waals surface area contributed by atoms with Crippen LogP contribution in [0.2, 0.25) is 0 Å². The molecule has 0 saturated carbocycles. The Morgan fingerprint density at radius 3 is 2.39 bits per heavy atom. The van der Waals surface area contributed by atoms with Gasteiger partial charge in [0.15, 0.2) is 6.04 Å². The van der Waals surface area contributed by atoms with Crippen molar-refractivity contribution in [1.82, 2.24) is 10.7 Å². The molecular formula is C25H24N3O3+. The lowest BCUT2D eigenvalue weighted by molar-refractivity contribution is -0.596. The largest absolute Gasteiger partial charge is 0.496 e. The first-order valence-corrected chi connectivity index (χ1v) is 10.1. The van der Waals surface area contributed by atoms with E-state index in [0.29, 0.717) is 11.3 Å². The Balaban J connectivity index is 1.73. The monoisotopic (exact) mass is 414 g/mol. The zero-order valence-electron chi connectivity index (χ0n) is 17.4. The number of carbonyl (C=O) groups excluding carboxylic acids is 2. The molecule has 1 saturated heterocycles. The first-order chi connectivity index (χ1) is 15.1. The van der Waals surface area contributed by atoms with Crippen molar-refractivity contribution in [3.05, 3.63) is 101 Å². The molecule has 1 heterocycles. The van der Waals surface area contributed by atoms with Crippen molar-refractivity contribution in [1.29, 1.82) is 0 Å². The summed E-state index contributed by atoms with van der Waals surface area (Å²) in [5.74, 6) is 0.120. The van der Waals surface area contributed by atoms with E-state index in [1.54, 1.807) is 36.1 Å². The van der Waals surface area contributed by atoms with Crippen molar-refractivity contribution in [3.8, 4) is 5.75 Å². The highest BCUT2D eigenvalue weighted by Crippen LogP contribution is 2.26. The third kappa shape index (κ3) is 4.33. The fourth-order valence-electron chi connectivity index (χ4n) is 3.68. The van der Waals surface area contributed by atoms with Crippen molar-refractivity contribution in [2.24, 2.45) is 0 Å². The normalized spacial score (nSPS) is 19.2. The second-order valence-corrected chi connectivity index (χ2v) is 7.43.